The number of amides is 1. The summed E-state index contributed by atoms with van der Waals surface area (Å²) in [5, 5.41) is 4.50. The summed E-state index contributed by atoms with van der Waals surface area (Å²) in [5.74, 6) is 1.27. The lowest BCUT2D eigenvalue weighted by atomic mass is 10.1. The molecule has 0 fully saturated rings. The normalized spacial score (nSPS) is 13.0. The monoisotopic (exact) mass is 508 g/mol. The number of hydrogen-bond acceptors (Lipinski definition) is 3. The molecule has 1 aliphatic rings. The minimum atomic E-state index is -0.302. The molecule has 0 unspecified atom stereocenters. The van der Waals surface area contributed by atoms with Gasteiger partial charge in [-0.3, -0.25) is 4.79 Å². The SMILES string of the molecule is Cc1ccc(Nc2c(-c3ccc(F)cc3)nc3n2CCN(C(=O)Cc2cc(Cl)cc(Cl)c2)C3)cc1. The van der Waals surface area contributed by atoms with E-state index in [0.717, 1.165) is 34.2 Å². The molecule has 1 amide bonds. The van der Waals surface area contributed by atoms with E-state index in [0.29, 0.717) is 29.7 Å². The number of nitrogens with zero attached hydrogens (tertiary/aromatic N) is 3. The lowest BCUT2D eigenvalue weighted by Gasteiger charge is -2.29. The van der Waals surface area contributed by atoms with Crippen LogP contribution in [0.2, 0.25) is 10.0 Å². The van der Waals surface area contributed by atoms with Gasteiger partial charge in [-0.1, -0.05) is 40.9 Å². The number of carbonyl (C=O) groups excluding carboxylic acids is 1. The fourth-order valence-electron chi connectivity index (χ4n) is 4.25. The Morgan fingerprint density at radius 3 is 2.37 bits per heavy atom. The molecule has 0 saturated carbocycles. The highest BCUT2D eigenvalue weighted by Gasteiger charge is 2.27. The summed E-state index contributed by atoms with van der Waals surface area (Å²) < 4.78 is 15.7. The van der Waals surface area contributed by atoms with Crippen molar-refractivity contribution in [1.82, 2.24) is 14.5 Å². The van der Waals surface area contributed by atoms with E-state index in [1.54, 1.807) is 35.2 Å². The molecular formula is C27H23Cl2FN4O. The number of carbonyl (C=O) groups is 1. The van der Waals surface area contributed by atoms with E-state index in [1.165, 1.54) is 17.7 Å². The van der Waals surface area contributed by atoms with Crippen LogP contribution in [0.5, 0.6) is 0 Å². The molecule has 1 aromatic heterocycles. The number of aryl methyl sites for hydroxylation is 1. The Bertz CT molecular complexity index is 1360. The molecule has 0 radical (unpaired) electrons. The van der Waals surface area contributed by atoms with Crippen molar-refractivity contribution in [2.75, 3.05) is 11.9 Å². The second-order valence-electron chi connectivity index (χ2n) is 8.64. The molecule has 1 aliphatic heterocycles. The molecule has 8 heteroatoms. The van der Waals surface area contributed by atoms with Gasteiger partial charge in [-0.25, -0.2) is 9.37 Å². The zero-order chi connectivity index (χ0) is 24.5. The molecular weight excluding hydrogens is 486 g/mol. The Morgan fingerprint density at radius 2 is 1.69 bits per heavy atom. The fraction of sp³-hybridized carbons (Fsp3) is 0.185. The molecule has 0 aliphatic carbocycles. The first-order valence-electron chi connectivity index (χ1n) is 11.3. The van der Waals surface area contributed by atoms with Gasteiger partial charge in [0.1, 0.15) is 23.2 Å². The van der Waals surface area contributed by atoms with Crippen LogP contribution in [0, 0.1) is 12.7 Å². The van der Waals surface area contributed by atoms with Crippen molar-refractivity contribution in [1.29, 1.82) is 0 Å². The van der Waals surface area contributed by atoms with E-state index in [-0.39, 0.29) is 18.1 Å². The number of benzene rings is 3. The first-order valence-corrected chi connectivity index (χ1v) is 12.0. The Kier molecular flexibility index (Phi) is 6.50. The summed E-state index contributed by atoms with van der Waals surface area (Å²) in [6.07, 6.45) is 0.209. The quantitative estimate of drug-likeness (QED) is 0.329. The minimum Gasteiger partial charge on any atom is -0.340 e. The molecule has 5 nitrogen and oxygen atoms in total. The topological polar surface area (TPSA) is 50.2 Å². The molecule has 4 aromatic rings. The van der Waals surface area contributed by atoms with Gasteiger partial charge < -0.3 is 14.8 Å². The molecule has 0 bridgehead atoms. The number of fused-ring (bicyclic) bond motifs is 1. The molecule has 5 rings (SSSR count). The molecule has 0 saturated heterocycles. The summed E-state index contributed by atoms with van der Waals surface area (Å²) in [4.78, 5) is 19.7. The highest BCUT2D eigenvalue weighted by atomic mass is 35.5. The van der Waals surface area contributed by atoms with Crippen LogP contribution in [0.4, 0.5) is 15.9 Å². The summed E-state index contributed by atoms with van der Waals surface area (Å²) in [6.45, 7) is 3.54. The van der Waals surface area contributed by atoms with Gasteiger partial charge in [0.25, 0.3) is 0 Å². The molecule has 1 N–H and O–H groups in total. The van der Waals surface area contributed by atoms with Crippen LogP contribution in [-0.2, 0) is 24.3 Å². The van der Waals surface area contributed by atoms with E-state index in [2.05, 4.69) is 9.88 Å². The third-order valence-corrected chi connectivity index (χ3v) is 6.47. The highest BCUT2D eigenvalue weighted by molar-refractivity contribution is 6.34. The van der Waals surface area contributed by atoms with E-state index >= 15 is 0 Å². The van der Waals surface area contributed by atoms with Gasteiger partial charge in [0.05, 0.1) is 13.0 Å². The number of hydrogen-bond donors (Lipinski definition) is 1. The highest BCUT2D eigenvalue weighted by Crippen LogP contribution is 2.33. The number of rotatable bonds is 5. The Balaban J connectivity index is 1.44. The van der Waals surface area contributed by atoms with Crippen molar-refractivity contribution < 1.29 is 9.18 Å². The summed E-state index contributed by atoms with van der Waals surface area (Å²) in [5.41, 5.74) is 4.39. The van der Waals surface area contributed by atoms with E-state index in [1.807, 2.05) is 31.2 Å². The molecule has 178 valence electrons. The smallest absolute Gasteiger partial charge is 0.227 e. The summed E-state index contributed by atoms with van der Waals surface area (Å²) >= 11 is 12.2. The molecule has 2 heterocycles. The second kappa shape index (κ2) is 9.72. The molecule has 35 heavy (non-hydrogen) atoms. The van der Waals surface area contributed by atoms with Gasteiger partial charge >= 0.3 is 0 Å². The maximum absolute atomic E-state index is 13.6. The molecule has 0 spiro atoms. The maximum Gasteiger partial charge on any atom is 0.227 e. The van der Waals surface area contributed by atoms with Crippen LogP contribution in [0.3, 0.4) is 0 Å². The average molecular weight is 509 g/mol. The maximum atomic E-state index is 13.6. The first kappa shape index (κ1) is 23.4. The van der Waals surface area contributed by atoms with Crippen LogP contribution in [0.1, 0.15) is 17.0 Å². The van der Waals surface area contributed by atoms with Gasteiger partial charge in [-0.05, 0) is 67.1 Å². The van der Waals surface area contributed by atoms with Crippen molar-refractivity contribution in [3.63, 3.8) is 0 Å². The van der Waals surface area contributed by atoms with Crippen molar-refractivity contribution in [2.24, 2.45) is 0 Å². The third-order valence-electron chi connectivity index (χ3n) is 6.03. The van der Waals surface area contributed by atoms with E-state index < -0.39 is 0 Å². The van der Waals surface area contributed by atoms with Gasteiger partial charge in [-0.2, -0.15) is 0 Å². The standard InChI is InChI=1S/C27H23Cl2FN4O/c1-17-2-8-23(9-3-17)31-27-26(19-4-6-22(30)7-5-19)32-24-16-33(10-11-34(24)27)25(35)14-18-12-20(28)15-21(29)13-18/h2-9,12-13,15,31H,10-11,14,16H2,1H3. The van der Waals surface area contributed by atoms with Crippen molar-refractivity contribution in [2.45, 2.75) is 26.4 Å². The van der Waals surface area contributed by atoms with Crippen molar-refractivity contribution in [3.8, 4) is 11.3 Å². The van der Waals surface area contributed by atoms with E-state index in [4.69, 9.17) is 28.2 Å². The predicted octanol–water partition coefficient (Wildman–Crippen LogP) is 6.63. The lowest BCUT2D eigenvalue weighted by Crippen LogP contribution is -2.39. The second-order valence-corrected chi connectivity index (χ2v) is 9.52. The summed E-state index contributed by atoms with van der Waals surface area (Å²) in [7, 11) is 0. The average Bonchev–Trinajstić information content (AvgIpc) is 3.18. The molecule has 3 aromatic carbocycles. The van der Waals surface area contributed by atoms with Crippen molar-refractivity contribution >= 4 is 40.6 Å². The number of anilines is 2. The zero-order valence-electron chi connectivity index (χ0n) is 19.1. The zero-order valence-corrected chi connectivity index (χ0v) is 20.6. The van der Waals surface area contributed by atoms with Gasteiger partial charge in [-0.15, -0.1) is 0 Å². The van der Waals surface area contributed by atoms with Gasteiger partial charge in [0, 0.05) is 34.4 Å². The third kappa shape index (κ3) is 5.19. The number of aromatic nitrogens is 2. The van der Waals surface area contributed by atoms with Gasteiger partial charge in [0.15, 0.2) is 0 Å². The van der Waals surface area contributed by atoms with Gasteiger partial charge in [0.2, 0.25) is 5.91 Å². The number of nitrogens with one attached hydrogen (secondary N) is 1. The number of halogens is 3. The van der Waals surface area contributed by atoms with Crippen LogP contribution >= 0.6 is 23.2 Å². The lowest BCUT2D eigenvalue weighted by molar-refractivity contribution is -0.132. The Hall–Kier alpha value is -3.35. The number of imidazole rings is 1. The summed E-state index contributed by atoms with van der Waals surface area (Å²) in [6, 6.07) is 19.5. The fourth-order valence-corrected chi connectivity index (χ4v) is 4.82. The van der Waals surface area contributed by atoms with Crippen molar-refractivity contribution in [3.05, 3.63) is 99.5 Å². The first-order chi connectivity index (χ1) is 16.9. The molecule has 0 atom stereocenters. The Morgan fingerprint density at radius 1 is 1.00 bits per heavy atom. The van der Waals surface area contributed by atoms with Crippen LogP contribution in [0.15, 0.2) is 66.7 Å². The van der Waals surface area contributed by atoms with E-state index in [9.17, 15) is 9.18 Å². The largest absolute Gasteiger partial charge is 0.340 e. The van der Waals surface area contributed by atoms with Crippen LogP contribution in [0.25, 0.3) is 11.3 Å². The minimum absolute atomic E-state index is 0.0195. The van der Waals surface area contributed by atoms with Crippen LogP contribution < -0.4 is 5.32 Å². The Labute approximate surface area is 213 Å². The van der Waals surface area contributed by atoms with Crippen LogP contribution in [-0.4, -0.2) is 26.9 Å². The predicted molar refractivity (Wildman–Crippen MR) is 138 cm³/mol.